The summed E-state index contributed by atoms with van der Waals surface area (Å²) in [6, 6.07) is 9.77. The number of ether oxygens (including phenoxy) is 5. The van der Waals surface area contributed by atoms with Crippen LogP contribution in [0.25, 0.3) is 0 Å². The molecule has 2 aromatic rings. The van der Waals surface area contributed by atoms with Crippen LogP contribution in [0.4, 0.5) is 10.5 Å². The van der Waals surface area contributed by atoms with Gasteiger partial charge in [0.25, 0.3) is 0 Å². The van der Waals surface area contributed by atoms with Gasteiger partial charge in [-0.05, 0) is 36.2 Å². The van der Waals surface area contributed by atoms with Crippen LogP contribution < -0.4 is 19.5 Å². The van der Waals surface area contributed by atoms with Crippen molar-refractivity contribution in [3.05, 3.63) is 42.0 Å². The van der Waals surface area contributed by atoms with Crippen molar-refractivity contribution >= 4 is 30.4 Å². The van der Waals surface area contributed by atoms with Gasteiger partial charge in [0.15, 0.2) is 23.0 Å². The standard InChI is InChI=1S/C22H25NO8S/c1-13(7-8-28-20(25)11-32)21(14-3-5-17(27-2)16(24)9-14)31-22(26)23-15-4-6-18-19(10-15)30-12-29-18/h3-6,9-10,13,21,24,32H,7-8,11-12H2,1-2H3,(H,23,26)/t13-,21+/m0/s1. The molecule has 1 aliphatic rings. The number of amides is 1. The monoisotopic (exact) mass is 463 g/mol. The second kappa shape index (κ2) is 10.9. The summed E-state index contributed by atoms with van der Waals surface area (Å²) in [4.78, 5) is 24.0. The van der Waals surface area contributed by atoms with Gasteiger partial charge in [0.1, 0.15) is 6.10 Å². The molecule has 0 bridgehead atoms. The molecule has 0 radical (unpaired) electrons. The van der Waals surface area contributed by atoms with Crippen LogP contribution in [0, 0.1) is 5.92 Å². The fourth-order valence-corrected chi connectivity index (χ4v) is 3.28. The molecule has 0 aromatic heterocycles. The number of thiol groups is 1. The molecule has 2 N–H and O–H groups in total. The largest absolute Gasteiger partial charge is 0.504 e. The van der Waals surface area contributed by atoms with Gasteiger partial charge in [-0.25, -0.2) is 4.79 Å². The Morgan fingerprint density at radius 1 is 1.19 bits per heavy atom. The third-order valence-corrected chi connectivity index (χ3v) is 5.12. The van der Waals surface area contributed by atoms with Crippen molar-refractivity contribution in [2.75, 3.05) is 31.6 Å². The molecular weight excluding hydrogens is 438 g/mol. The van der Waals surface area contributed by atoms with Crippen LogP contribution in [0.2, 0.25) is 0 Å². The summed E-state index contributed by atoms with van der Waals surface area (Å²) in [5.74, 6) is 0.659. The van der Waals surface area contributed by atoms with Crippen molar-refractivity contribution in [3.63, 3.8) is 0 Å². The summed E-state index contributed by atoms with van der Waals surface area (Å²) in [5, 5.41) is 12.8. The number of methoxy groups -OCH3 is 1. The fraction of sp³-hybridized carbons (Fsp3) is 0.364. The second-order valence-electron chi connectivity index (χ2n) is 7.09. The minimum Gasteiger partial charge on any atom is -0.504 e. The summed E-state index contributed by atoms with van der Waals surface area (Å²) in [6.45, 7) is 2.13. The van der Waals surface area contributed by atoms with Gasteiger partial charge in [-0.15, -0.1) is 0 Å². The van der Waals surface area contributed by atoms with Crippen molar-refractivity contribution in [1.82, 2.24) is 0 Å². The third kappa shape index (κ3) is 5.91. The highest BCUT2D eigenvalue weighted by molar-refractivity contribution is 7.81. The number of carbonyl (C=O) groups excluding carboxylic acids is 2. The molecule has 3 rings (SSSR count). The number of nitrogens with one attached hydrogen (secondary N) is 1. The molecule has 1 heterocycles. The summed E-state index contributed by atoms with van der Waals surface area (Å²) in [6.07, 6.45) is -0.993. The maximum atomic E-state index is 12.6. The molecule has 1 aliphatic heterocycles. The predicted octanol–water partition coefficient (Wildman–Crippen LogP) is 3.92. The number of benzene rings is 2. The van der Waals surface area contributed by atoms with Crippen LogP contribution in [-0.4, -0.2) is 43.4 Å². The first-order valence-corrected chi connectivity index (χ1v) is 10.5. The first-order chi connectivity index (χ1) is 15.4. The van der Waals surface area contributed by atoms with Crippen molar-refractivity contribution in [2.24, 2.45) is 5.92 Å². The lowest BCUT2D eigenvalue weighted by molar-refractivity contribution is -0.141. The van der Waals surface area contributed by atoms with E-state index in [0.29, 0.717) is 34.9 Å². The van der Waals surface area contributed by atoms with Gasteiger partial charge in [0, 0.05) is 17.7 Å². The Kier molecular flexibility index (Phi) is 7.93. The van der Waals surface area contributed by atoms with Crippen LogP contribution in [0.5, 0.6) is 23.0 Å². The van der Waals surface area contributed by atoms with E-state index in [1.54, 1.807) is 30.3 Å². The third-order valence-electron chi connectivity index (χ3n) is 4.87. The minimum atomic E-state index is -0.726. The Balaban J connectivity index is 1.72. The molecule has 10 heteroatoms. The second-order valence-corrected chi connectivity index (χ2v) is 7.41. The van der Waals surface area contributed by atoms with E-state index in [9.17, 15) is 14.7 Å². The van der Waals surface area contributed by atoms with E-state index < -0.39 is 18.2 Å². The zero-order valence-electron chi connectivity index (χ0n) is 17.7. The lowest BCUT2D eigenvalue weighted by atomic mass is 9.94. The number of hydrogen-bond acceptors (Lipinski definition) is 9. The number of phenols is 1. The molecule has 2 aromatic carbocycles. The highest BCUT2D eigenvalue weighted by Crippen LogP contribution is 2.36. The number of anilines is 1. The number of fused-ring (bicyclic) bond motifs is 1. The van der Waals surface area contributed by atoms with Gasteiger partial charge >= 0.3 is 12.1 Å². The summed E-state index contributed by atoms with van der Waals surface area (Å²) in [7, 11) is 1.44. The fourth-order valence-electron chi connectivity index (χ4n) is 3.19. The van der Waals surface area contributed by atoms with Crippen LogP contribution >= 0.6 is 12.6 Å². The summed E-state index contributed by atoms with van der Waals surface area (Å²) < 4.78 is 26.5. The van der Waals surface area contributed by atoms with E-state index in [-0.39, 0.29) is 30.8 Å². The smallest absolute Gasteiger partial charge is 0.412 e. The van der Waals surface area contributed by atoms with Gasteiger partial charge in [-0.1, -0.05) is 13.0 Å². The predicted molar refractivity (Wildman–Crippen MR) is 119 cm³/mol. The van der Waals surface area contributed by atoms with Crippen LogP contribution in [0.3, 0.4) is 0 Å². The summed E-state index contributed by atoms with van der Waals surface area (Å²) >= 11 is 3.88. The van der Waals surface area contributed by atoms with Gasteiger partial charge < -0.3 is 28.8 Å². The SMILES string of the molecule is COc1ccc([C@H](OC(=O)Nc2ccc3c(c2)OCO3)[C@@H](C)CCOC(=O)CS)cc1O. The minimum absolute atomic E-state index is 0.0153. The molecule has 0 saturated heterocycles. The molecule has 0 saturated carbocycles. The molecule has 1 amide bonds. The average Bonchev–Trinajstić information content (AvgIpc) is 3.25. The van der Waals surface area contributed by atoms with E-state index in [1.807, 2.05) is 6.92 Å². The number of rotatable bonds is 9. The number of carbonyl (C=O) groups is 2. The van der Waals surface area contributed by atoms with E-state index in [4.69, 9.17) is 23.7 Å². The van der Waals surface area contributed by atoms with Crippen LogP contribution in [-0.2, 0) is 14.3 Å². The molecule has 0 unspecified atom stereocenters. The molecular formula is C22H25NO8S. The van der Waals surface area contributed by atoms with E-state index >= 15 is 0 Å². The molecule has 0 fully saturated rings. The van der Waals surface area contributed by atoms with Crippen LogP contribution in [0.15, 0.2) is 36.4 Å². The average molecular weight is 464 g/mol. The van der Waals surface area contributed by atoms with E-state index in [2.05, 4.69) is 17.9 Å². The van der Waals surface area contributed by atoms with Crippen molar-refractivity contribution in [3.8, 4) is 23.0 Å². The van der Waals surface area contributed by atoms with Crippen molar-refractivity contribution in [2.45, 2.75) is 19.4 Å². The Hall–Kier alpha value is -3.27. The molecule has 0 spiro atoms. The normalized spacial score (nSPS) is 13.7. The van der Waals surface area contributed by atoms with Crippen molar-refractivity contribution < 1.29 is 38.4 Å². The maximum Gasteiger partial charge on any atom is 0.412 e. The molecule has 9 nitrogen and oxygen atoms in total. The zero-order chi connectivity index (χ0) is 23.1. The molecule has 172 valence electrons. The zero-order valence-corrected chi connectivity index (χ0v) is 18.6. The topological polar surface area (TPSA) is 113 Å². The van der Waals surface area contributed by atoms with Gasteiger partial charge in [0.05, 0.1) is 19.5 Å². The van der Waals surface area contributed by atoms with E-state index in [0.717, 1.165) is 0 Å². The number of esters is 1. The van der Waals surface area contributed by atoms with Gasteiger partial charge in [-0.3, -0.25) is 10.1 Å². The van der Waals surface area contributed by atoms with Crippen molar-refractivity contribution in [1.29, 1.82) is 0 Å². The first kappa shape index (κ1) is 23.4. The quantitative estimate of drug-likeness (QED) is 0.379. The number of hydrogen-bond donors (Lipinski definition) is 3. The Bertz CT molecular complexity index is 967. The Labute approximate surface area is 191 Å². The summed E-state index contributed by atoms with van der Waals surface area (Å²) in [5.41, 5.74) is 1.04. The number of phenolic OH excluding ortho intramolecular Hbond substituents is 1. The lowest BCUT2D eigenvalue weighted by Gasteiger charge is -2.25. The number of aromatic hydroxyl groups is 1. The molecule has 32 heavy (non-hydrogen) atoms. The van der Waals surface area contributed by atoms with Gasteiger partial charge in [-0.2, -0.15) is 12.6 Å². The van der Waals surface area contributed by atoms with E-state index in [1.165, 1.54) is 13.2 Å². The van der Waals surface area contributed by atoms with Gasteiger partial charge in [0.2, 0.25) is 6.79 Å². The molecule has 0 aliphatic carbocycles. The maximum absolute atomic E-state index is 12.6. The lowest BCUT2D eigenvalue weighted by Crippen LogP contribution is -2.23. The Morgan fingerprint density at radius 3 is 2.69 bits per heavy atom. The van der Waals surface area contributed by atoms with Crippen LogP contribution in [0.1, 0.15) is 25.0 Å². The highest BCUT2D eigenvalue weighted by Gasteiger charge is 2.26. The Morgan fingerprint density at radius 2 is 1.97 bits per heavy atom. The first-order valence-electron chi connectivity index (χ1n) is 9.92. The molecule has 2 atom stereocenters. The highest BCUT2D eigenvalue weighted by atomic mass is 32.1.